The van der Waals surface area contributed by atoms with Gasteiger partial charge in [-0.1, -0.05) is 19.3 Å². The van der Waals surface area contributed by atoms with Crippen LogP contribution < -0.4 is 10.6 Å². The van der Waals surface area contributed by atoms with Gasteiger partial charge in [0.05, 0.1) is 11.6 Å². The van der Waals surface area contributed by atoms with Crippen LogP contribution in [0.4, 0.5) is 9.18 Å². The van der Waals surface area contributed by atoms with Gasteiger partial charge in [0, 0.05) is 30.7 Å². The first kappa shape index (κ1) is 17.2. The summed E-state index contributed by atoms with van der Waals surface area (Å²) in [5.74, 6) is -0.381. The Morgan fingerprint density at radius 3 is 2.87 bits per heavy atom. The molecular formula is C17H22FN3O2. The number of hydrogen-bond acceptors (Lipinski definition) is 3. The maximum atomic E-state index is 13.7. The van der Waals surface area contributed by atoms with Crippen molar-refractivity contribution in [1.29, 1.82) is 5.26 Å². The third-order valence-corrected chi connectivity index (χ3v) is 4.32. The molecule has 0 aromatic heterocycles. The standard InChI is InChI=1S/C17H22FN3O2/c18-15-7-6-12(9-19)8-14(15)10-20-17(23)21-16-5-3-1-2-4-13(16)11-22/h6-8,13,16,22H,1-5,10-11H2,(H2,20,21,23). The van der Waals surface area contributed by atoms with Crippen LogP contribution in [0.2, 0.25) is 0 Å². The molecule has 3 N–H and O–H groups in total. The first-order valence-electron chi connectivity index (χ1n) is 7.97. The van der Waals surface area contributed by atoms with E-state index in [1.54, 1.807) is 0 Å². The van der Waals surface area contributed by atoms with E-state index in [1.165, 1.54) is 18.2 Å². The normalized spacial score (nSPS) is 21.1. The van der Waals surface area contributed by atoms with Gasteiger partial charge in [-0.05, 0) is 31.0 Å². The zero-order valence-electron chi connectivity index (χ0n) is 13.0. The van der Waals surface area contributed by atoms with Gasteiger partial charge in [-0.15, -0.1) is 0 Å². The van der Waals surface area contributed by atoms with Crippen molar-refractivity contribution in [3.63, 3.8) is 0 Å². The molecule has 2 amide bonds. The first-order valence-corrected chi connectivity index (χ1v) is 7.97. The highest BCUT2D eigenvalue weighted by Gasteiger charge is 2.24. The van der Waals surface area contributed by atoms with Crippen molar-refractivity contribution in [1.82, 2.24) is 10.6 Å². The van der Waals surface area contributed by atoms with Gasteiger partial charge >= 0.3 is 6.03 Å². The Morgan fingerprint density at radius 2 is 2.13 bits per heavy atom. The summed E-state index contributed by atoms with van der Waals surface area (Å²) in [5, 5.41) is 23.8. The summed E-state index contributed by atoms with van der Waals surface area (Å²) >= 11 is 0. The Morgan fingerprint density at radius 1 is 1.35 bits per heavy atom. The monoisotopic (exact) mass is 319 g/mol. The first-order chi connectivity index (χ1) is 11.1. The van der Waals surface area contributed by atoms with Gasteiger partial charge < -0.3 is 15.7 Å². The molecule has 23 heavy (non-hydrogen) atoms. The summed E-state index contributed by atoms with van der Waals surface area (Å²) in [5.41, 5.74) is 0.631. The number of amides is 2. The smallest absolute Gasteiger partial charge is 0.315 e. The van der Waals surface area contributed by atoms with E-state index in [1.807, 2.05) is 6.07 Å². The lowest BCUT2D eigenvalue weighted by atomic mass is 9.96. The molecule has 1 aliphatic rings. The van der Waals surface area contributed by atoms with Crippen molar-refractivity contribution in [3.05, 3.63) is 35.1 Å². The fourth-order valence-electron chi connectivity index (χ4n) is 2.97. The molecule has 0 heterocycles. The molecule has 0 spiro atoms. The second-order valence-corrected chi connectivity index (χ2v) is 5.93. The van der Waals surface area contributed by atoms with Crippen molar-refractivity contribution < 1.29 is 14.3 Å². The molecule has 1 aromatic carbocycles. The van der Waals surface area contributed by atoms with Crippen LogP contribution in [0.5, 0.6) is 0 Å². The second-order valence-electron chi connectivity index (χ2n) is 5.93. The van der Waals surface area contributed by atoms with Crippen LogP contribution in [0, 0.1) is 23.1 Å². The third kappa shape index (κ3) is 4.93. The number of aliphatic hydroxyl groups is 1. The molecule has 2 atom stereocenters. The van der Waals surface area contributed by atoms with Gasteiger partial charge in [0.15, 0.2) is 0 Å². The van der Waals surface area contributed by atoms with E-state index in [0.717, 1.165) is 32.1 Å². The molecule has 2 unspecified atom stereocenters. The zero-order valence-corrected chi connectivity index (χ0v) is 13.0. The average molecular weight is 319 g/mol. The van der Waals surface area contributed by atoms with Crippen molar-refractivity contribution in [2.45, 2.75) is 44.7 Å². The molecule has 1 fully saturated rings. The van der Waals surface area contributed by atoms with Crippen molar-refractivity contribution in [2.24, 2.45) is 5.92 Å². The van der Waals surface area contributed by atoms with Gasteiger partial charge in [-0.3, -0.25) is 0 Å². The number of nitrogens with zero attached hydrogens (tertiary/aromatic N) is 1. The minimum absolute atomic E-state index is 0.0176. The maximum Gasteiger partial charge on any atom is 0.315 e. The van der Waals surface area contributed by atoms with Crippen LogP contribution in [0.25, 0.3) is 0 Å². The molecule has 0 bridgehead atoms. The molecule has 1 saturated carbocycles. The van der Waals surface area contributed by atoms with E-state index in [-0.39, 0.29) is 36.7 Å². The van der Waals surface area contributed by atoms with Crippen LogP contribution in [-0.2, 0) is 6.54 Å². The number of nitriles is 1. The van der Waals surface area contributed by atoms with Crippen molar-refractivity contribution in [2.75, 3.05) is 6.61 Å². The molecule has 5 nitrogen and oxygen atoms in total. The lowest BCUT2D eigenvalue weighted by Gasteiger charge is -2.24. The van der Waals surface area contributed by atoms with E-state index in [0.29, 0.717) is 5.56 Å². The number of benzene rings is 1. The highest BCUT2D eigenvalue weighted by molar-refractivity contribution is 5.74. The molecule has 6 heteroatoms. The maximum absolute atomic E-state index is 13.7. The lowest BCUT2D eigenvalue weighted by Crippen LogP contribution is -2.46. The molecule has 1 aliphatic carbocycles. The Labute approximate surface area is 135 Å². The van der Waals surface area contributed by atoms with Crippen LogP contribution in [0.1, 0.15) is 43.2 Å². The summed E-state index contributed by atoms with van der Waals surface area (Å²) in [6.45, 7) is 0.0769. The second kappa shape index (κ2) is 8.49. The van der Waals surface area contributed by atoms with Crippen LogP contribution in [-0.4, -0.2) is 23.8 Å². The number of halogens is 1. The number of nitrogens with one attached hydrogen (secondary N) is 2. The van der Waals surface area contributed by atoms with E-state index >= 15 is 0 Å². The lowest BCUT2D eigenvalue weighted by molar-refractivity contribution is 0.179. The number of aliphatic hydroxyl groups excluding tert-OH is 1. The van der Waals surface area contributed by atoms with Gasteiger partial charge in [0.25, 0.3) is 0 Å². The van der Waals surface area contributed by atoms with Gasteiger partial charge in [0.1, 0.15) is 5.82 Å². The Balaban J connectivity index is 1.90. The quantitative estimate of drug-likeness (QED) is 0.745. The van der Waals surface area contributed by atoms with Crippen molar-refractivity contribution >= 4 is 6.03 Å². The Kier molecular flexibility index (Phi) is 6.36. The SMILES string of the molecule is N#Cc1ccc(F)c(CNC(=O)NC2CCCCCC2CO)c1. The zero-order chi connectivity index (χ0) is 16.7. The topological polar surface area (TPSA) is 85.2 Å². The van der Waals surface area contributed by atoms with Gasteiger partial charge in [-0.2, -0.15) is 5.26 Å². The van der Waals surface area contributed by atoms with Crippen LogP contribution in [0.3, 0.4) is 0 Å². The van der Waals surface area contributed by atoms with Gasteiger partial charge in [0.2, 0.25) is 0 Å². The minimum atomic E-state index is -0.452. The molecule has 1 aromatic rings. The molecule has 0 aliphatic heterocycles. The average Bonchev–Trinajstić information content (AvgIpc) is 2.79. The summed E-state index contributed by atoms with van der Waals surface area (Å²) in [7, 11) is 0. The van der Waals surface area contributed by atoms with Crippen LogP contribution >= 0.6 is 0 Å². The molecule has 0 radical (unpaired) electrons. The third-order valence-electron chi connectivity index (χ3n) is 4.32. The molecule has 2 rings (SSSR count). The summed E-state index contributed by atoms with van der Waals surface area (Å²) in [4.78, 5) is 12.0. The summed E-state index contributed by atoms with van der Waals surface area (Å²) in [6, 6.07) is 5.56. The van der Waals surface area contributed by atoms with E-state index in [2.05, 4.69) is 10.6 Å². The molecule has 124 valence electrons. The van der Waals surface area contributed by atoms with E-state index in [9.17, 15) is 14.3 Å². The Bertz CT molecular complexity index is 586. The predicted molar refractivity (Wildman–Crippen MR) is 83.9 cm³/mol. The van der Waals surface area contributed by atoms with Gasteiger partial charge in [-0.25, -0.2) is 9.18 Å². The Hall–Kier alpha value is -2.13. The fraction of sp³-hybridized carbons (Fsp3) is 0.529. The van der Waals surface area contributed by atoms with E-state index < -0.39 is 5.82 Å². The number of urea groups is 1. The molecule has 0 saturated heterocycles. The van der Waals surface area contributed by atoms with E-state index in [4.69, 9.17) is 5.26 Å². The summed E-state index contributed by atoms with van der Waals surface area (Å²) < 4.78 is 13.7. The van der Waals surface area contributed by atoms with Crippen molar-refractivity contribution in [3.8, 4) is 6.07 Å². The molecular weight excluding hydrogens is 297 g/mol. The minimum Gasteiger partial charge on any atom is -0.396 e. The summed E-state index contributed by atoms with van der Waals surface area (Å²) in [6.07, 6.45) is 4.96. The highest BCUT2D eigenvalue weighted by Crippen LogP contribution is 2.23. The fourth-order valence-corrected chi connectivity index (χ4v) is 2.97. The highest BCUT2D eigenvalue weighted by atomic mass is 19.1. The largest absolute Gasteiger partial charge is 0.396 e. The predicted octanol–water partition coefficient (Wildman–Crippen LogP) is 2.44. The number of rotatable bonds is 4. The number of carbonyl (C=O) groups excluding carboxylic acids is 1. The van der Waals surface area contributed by atoms with Crippen LogP contribution in [0.15, 0.2) is 18.2 Å². The number of hydrogen-bond donors (Lipinski definition) is 3. The number of carbonyl (C=O) groups is 1.